The minimum absolute atomic E-state index is 0.141. The summed E-state index contributed by atoms with van der Waals surface area (Å²) in [5.41, 5.74) is 0.672. The summed E-state index contributed by atoms with van der Waals surface area (Å²) in [7, 11) is 0. The van der Waals surface area contributed by atoms with Crippen LogP contribution in [0.15, 0.2) is 40.4 Å². The van der Waals surface area contributed by atoms with Gasteiger partial charge in [-0.25, -0.2) is 0 Å². The number of halogens is 1. The van der Waals surface area contributed by atoms with E-state index in [0.717, 1.165) is 10.9 Å². The number of hydrogen-bond acceptors (Lipinski definition) is 3. The van der Waals surface area contributed by atoms with Crippen LogP contribution in [0.4, 0.5) is 0 Å². The molecule has 0 bridgehead atoms. The molecule has 2 heterocycles. The van der Waals surface area contributed by atoms with Crippen molar-refractivity contribution in [1.29, 1.82) is 0 Å². The third kappa shape index (κ3) is 3.00. The molecule has 2 nitrogen and oxygen atoms in total. The van der Waals surface area contributed by atoms with Crippen LogP contribution < -0.4 is 0 Å². The fourth-order valence-electron chi connectivity index (χ4n) is 1.40. The van der Waals surface area contributed by atoms with Gasteiger partial charge in [0.15, 0.2) is 5.78 Å². The summed E-state index contributed by atoms with van der Waals surface area (Å²) in [5, 5.41) is 2.03. The summed E-state index contributed by atoms with van der Waals surface area (Å²) in [6.07, 6.45) is 4.64. The number of ketones is 1. The van der Waals surface area contributed by atoms with Crippen LogP contribution in [0.1, 0.15) is 21.7 Å². The van der Waals surface area contributed by atoms with Crippen molar-refractivity contribution in [3.63, 3.8) is 0 Å². The SMILES string of the molecule is O=C(CCc1cccs1)c1cncc(Br)c1. The first-order valence-corrected chi connectivity index (χ1v) is 6.59. The van der Waals surface area contributed by atoms with E-state index in [-0.39, 0.29) is 5.78 Å². The predicted octanol–water partition coefficient (Wildman–Crippen LogP) is 3.72. The van der Waals surface area contributed by atoms with E-state index < -0.39 is 0 Å². The summed E-state index contributed by atoms with van der Waals surface area (Å²) >= 11 is 4.99. The van der Waals surface area contributed by atoms with E-state index >= 15 is 0 Å². The highest BCUT2D eigenvalue weighted by molar-refractivity contribution is 9.10. The summed E-state index contributed by atoms with van der Waals surface area (Å²) in [5.74, 6) is 0.141. The summed E-state index contributed by atoms with van der Waals surface area (Å²) in [6, 6.07) is 5.87. The number of nitrogens with zero attached hydrogens (tertiary/aromatic N) is 1. The highest BCUT2D eigenvalue weighted by Gasteiger charge is 2.07. The molecular weight excluding hydrogens is 286 g/mol. The third-order valence-electron chi connectivity index (χ3n) is 2.21. The van der Waals surface area contributed by atoms with Crippen LogP contribution in [0.25, 0.3) is 0 Å². The van der Waals surface area contributed by atoms with E-state index in [4.69, 9.17) is 0 Å². The van der Waals surface area contributed by atoms with Crippen LogP contribution in [0, 0.1) is 0 Å². The fourth-order valence-corrected chi connectivity index (χ4v) is 2.47. The van der Waals surface area contributed by atoms with Gasteiger partial charge >= 0.3 is 0 Å². The molecular formula is C12H10BrNOS. The number of aryl methyl sites for hydroxylation is 1. The molecule has 0 N–H and O–H groups in total. The van der Waals surface area contributed by atoms with Crippen LogP contribution in [0.2, 0.25) is 0 Å². The molecule has 16 heavy (non-hydrogen) atoms. The molecule has 0 amide bonds. The van der Waals surface area contributed by atoms with Gasteiger partial charge in [-0.05, 0) is 39.9 Å². The lowest BCUT2D eigenvalue weighted by Gasteiger charge is -1.99. The number of Topliss-reactive ketones (excluding diaryl/α,β-unsaturated/α-hetero) is 1. The average molecular weight is 296 g/mol. The predicted molar refractivity (Wildman–Crippen MR) is 68.9 cm³/mol. The first-order chi connectivity index (χ1) is 7.75. The van der Waals surface area contributed by atoms with E-state index in [9.17, 15) is 4.79 Å². The first kappa shape index (κ1) is 11.5. The molecule has 0 saturated heterocycles. The number of thiophene rings is 1. The third-order valence-corrected chi connectivity index (χ3v) is 3.58. The second-order valence-corrected chi connectivity index (χ2v) is 5.34. The van der Waals surface area contributed by atoms with Crippen molar-refractivity contribution in [2.75, 3.05) is 0 Å². The lowest BCUT2D eigenvalue weighted by atomic mass is 10.1. The number of rotatable bonds is 4. The topological polar surface area (TPSA) is 30.0 Å². The van der Waals surface area contributed by atoms with Crippen molar-refractivity contribution >= 4 is 33.0 Å². The Hall–Kier alpha value is -1.00. The Kier molecular flexibility index (Phi) is 3.85. The number of hydrogen-bond donors (Lipinski definition) is 0. The van der Waals surface area contributed by atoms with Gasteiger partial charge in [0.25, 0.3) is 0 Å². The van der Waals surface area contributed by atoms with Crippen LogP contribution in [-0.4, -0.2) is 10.8 Å². The second kappa shape index (κ2) is 5.37. The molecule has 0 aliphatic rings. The molecule has 82 valence electrons. The molecule has 0 spiro atoms. The largest absolute Gasteiger partial charge is 0.294 e. The van der Waals surface area contributed by atoms with Crippen LogP contribution in [-0.2, 0) is 6.42 Å². The van der Waals surface area contributed by atoms with E-state index in [1.54, 1.807) is 23.7 Å². The maximum Gasteiger partial charge on any atom is 0.164 e. The molecule has 4 heteroatoms. The van der Waals surface area contributed by atoms with Crippen LogP contribution >= 0.6 is 27.3 Å². The van der Waals surface area contributed by atoms with Gasteiger partial charge in [0.05, 0.1) is 0 Å². The van der Waals surface area contributed by atoms with Crippen molar-refractivity contribution < 1.29 is 4.79 Å². The summed E-state index contributed by atoms with van der Waals surface area (Å²) < 4.78 is 0.842. The number of pyridine rings is 1. The van der Waals surface area contributed by atoms with Gasteiger partial charge in [-0.1, -0.05) is 6.07 Å². The maximum absolute atomic E-state index is 11.8. The number of carbonyl (C=O) groups is 1. The minimum atomic E-state index is 0.141. The molecule has 0 radical (unpaired) electrons. The van der Waals surface area contributed by atoms with Crippen molar-refractivity contribution in [2.45, 2.75) is 12.8 Å². The molecule has 0 atom stereocenters. The Morgan fingerprint density at radius 2 is 2.31 bits per heavy atom. The van der Waals surface area contributed by atoms with Crippen molar-refractivity contribution in [1.82, 2.24) is 4.98 Å². The summed E-state index contributed by atoms with van der Waals surface area (Å²) in [6.45, 7) is 0. The Morgan fingerprint density at radius 3 is 3.00 bits per heavy atom. The Balaban J connectivity index is 1.98. The molecule has 0 aromatic carbocycles. The molecule has 0 fully saturated rings. The smallest absolute Gasteiger partial charge is 0.164 e. The van der Waals surface area contributed by atoms with Crippen molar-refractivity contribution in [2.24, 2.45) is 0 Å². The van der Waals surface area contributed by atoms with Crippen LogP contribution in [0.5, 0.6) is 0 Å². The number of aromatic nitrogens is 1. The highest BCUT2D eigenvalue weighted by Crippen LogP contribution is 2.15. The van der Waals surface area contributed by atoms with Gasteiger partial charge < -0.3 is 0 Å². The van der Waals surface area contributed by atoms with Gasteiger partial charge in [0.1, 0.15) is 0 Å². The van der Waals surface area contributed by atoms with Gasteiger partial charge in [-0.2, -0.15) is 0 Å². The van der Waals surface area contributed by atoms with Gasteiger partial charge in [-0.15, -0.1) is 11.3 Å². The minimum Gasteiger partial charge on any atom is -0.294 e. The zero-order valence-corrected chi connectivity index (χ0v) is 10.9. The van der Waals surface area contributed by atoms with E-state index in [2.05, 4.69) is 27.0 Å². The average Bonchev–Trinajstić information content (AvgIpc) is 2.78. The fraction of sp³-hybridized carbons (Fsp3) is 0.167. The molecule has 2 aromatic rings. The van der Waals surface area contributed by atoms with Gasteiger partial charge in [0.2, 0.25) is 0 Å². The lowest BCUT2D eigenvalue weighted by molar-refractivity contribution is 0.0982. The molecule has 0 unspecified atom stereocenters. The highest BCUT2D eigenvalue weighted by atomic mass is 79.9. The normalized spacial score (nSPS) is 10.3. The molecule has 0 aliphatic heterocycles. The first-order valence-electron chi connectivity index (χ1n) is 4.92. The second-order valence-electron chi connectivity index (χ2n) is 3.39. The van der Waals surface area contributed by atoms with Gasteiger partial charge in [-0.3, -0.25) is 9.78 Å². The van der Waals surface area contributed by atoms with E-state index in [1.807, 2.05) is 17.5 Å². The lowest BCUT2D eigenvalue weighted by Crippen LogP contribution is -2.01. The van der Waals surface area contributed by atoms with E-state index in [0.29, 0.717) is 12.0 Å². The van der Waals surface area contributed by atoms with Gasteiger partial charge in [0, 0.05) is 33.7 Å². The molecule has 0 saturated carbocycles. The Bertz CT molecular complexity index is 482. The molecule has 2 aromatic heterocycles. The van der Waals surface area contributed by atoms with Crippen molar-refractivity contribution in [3.8, 4) is 0 Å². The number of carbonyl (C=O) groups excluding carboxylic acids is 1. The quantitative estimate of drug-likeness (QED) is 0.805. The summed E-state index contributed by atoms with van der Waals surface area (Å²) in [4.78, 5) is 17.1. The maximum atomic E-state index is 11.8. The van der Waals surface area contributed by atoms with Crippen LogP contribution in [0.3, 0.4) is 0 Å². The van der Waals surface area contributed by atoms with Crippen molar-refractivity contribution in [3.05, 3.63) is 50.9 Å². The molecule has 0 aliphatic carbocycles. The monoisotopic (exact) mass is 295 g/mol. The molecule has 2 rings (SSSR count). The Labute approximate surface area is 106 Å². The standard InChI is InChI=1S/C12H10BrNOS/c13-10-6-9(7-14-8-10)12(15)4-3-11-2-1-5-16-11/h1-2,5-8H,3-4H2. The Morgan fingerprint density at radius 1 is 1.44 bits per heavy atom. The zero-order valence-electron chi connectivity index (χ0n) is 8.52. The van der Waals surface area contributed by atoms with E-state index in [1.165, 1.54) is 4.88 Å². The zero-order chi connectivity index (χ0) is 11.4.